The molecule has 1 saturated heterocycles. The van der Waals surface area contributed by atoms with E-state index in [1.165, 1.54) is 6.20 Å². The van der Waals surface area contributed by atoms with E-state index in [1.54, 1.807) is 20.3 Å². The number of fused-ring (bicyclic) bond motifs is 1. The highest BCUT2D eigenvalue weighted by molar-refractivity contribution is 6.01. The molecule has 4 heterocycles. The predicted molar refractivity (Wildman–Crippen MR) is 123 cm³/mol. The van der Waals surface area contributed by atoms with Gasteiger partial charge in [-0.3, -0.25) is 14.3 Å². The standard InChI is InChI=1S/C23H27N9O2/c1-4-14-8-31(22(34)23(12-24)5-6-23)10-17(14)27-19-15(20(25)33)7-26-32-11-18(28-21(19)32)16-9-30(3)29-13(16)2/h7,9,11,14,17,27H,4-6,8,10H2,1-3H3,(H2,25,33)/t14-,17-/m1/s1. The second-order valence-corrected chi connectivity index (χ2v) is 9.32. The van der Waals surface area contributed by atoms with Gasteiger partial charge in [-0.25, -0.2) is 9.50 Å². The van der Waals surface area contributed by atoms with Gasteiger partial charge in [-0.05, 0) is 32.1 Å². The van der Waals surface area contributed by atoms with Crippen molar-refractivity contribution in [2.24, 2.45) is 24.1 Å². The van der Waals surface area contributed by atoms with Gasteiger partial charge in [0.15, 0.2) is 5.65 Å². The summed E-state index contributed by atoms with van der Waals surface area (Å²) in [5.74, 6) is -0.551. The molecule has 5 rings (SSSR count). The molecule has 3 aromatic heterocycles. The number of nitrogens with two attached hydrogens (primary N) is 1. The molecule has 0 unspecified atom stereocenters. The van der Waals surface area contributed by atoms with Crippen molar-refractivity contribution in [3.63, 3.8) is 0 Å². The van der Waals surface area contributed by atoms with Crippen molar-refractivity contribution >= 4 is 23.1 Å². The molecule has 0 aromatic carbocycles. The number of nitriles is 1. The molecular weight excluding hydrogens is 434 g/mol. The van der Waals surface area contributed by atoms with Crippen molar-refractivity contribution in [2.45, 2.75) is 39.2 Å². The van der Waals surface area contributed by atoms with Gasteiger partial charge in [0.05, 0.1) is 41.1 Å². The highest BCUT2D eigenvalue weighted by Gasteiger charge is 2.54. The molecule has 11 nitrogen and oxygen atoms in total. The first kappa shape index (κ1) is 21.9. The maximum Gasteiger partial charge on any atom is 0.252 e. The van der Waals surface area contributed by atoms with E-state index < -0.39 is 11.3 Å². The number of carbonyl (C=O) groups excluding carboxylic acids is 2. The third-order valence-electron chi connectivity index (χ3n) is 7.00. The molecule has 3 N–H and O–H groups in total. The maximum absolute atomic E-state index is 13.0. The van der Waals surface area contributed by atoms with E-state index in [4.69, 9.17) is 10.7 Å². The van der Waals surface area contributed by atoms with Crippen molar-refractivity contribution in [3.05, 3.63) is 29.8 Å². The summed E-state index contributed by atoms with van der Waals surface area (Å²) in [7, 11) is 1.85. The second kappa shape index (κ2) is 7.83. The minimum atomic E-state index is -0.852. The van der Waals surface area contributed by atoms with Crippen LogP contribution in [0.1, 0.15) is 42.2 Å². The summed E-state index contributed by atoms with van der Waals surface area (Å²) in [4.78, 5) is 31.8. The minimum Gasteiger partial charge on any atom is -0.376 e. The van der Waals surface area contributed by atoms with Gasteiger partial charge in [-0.2, -0.15) is 15.5 Å². The number of amides is 2. The molecule has 2 aliphatic rings. The molecule has 2 fully saturated rings. The number of nitrogens with one attached hydrogen (secondary N) is 1. The summed E-state index contributed by atoms with van der Waals surface area (Å²) < 4.78 is 3.34. The minimum absolute atomic E-state index is 0.0945. The molecule has 1 aliphatic carbocycles. The molecule has 11 heteroatoms. The molecule has 1 saturated carbocycles. The molecule has 2 atom stereocenters. The number of primary amides is 1. The first-order valence-electron chi connectivity index (χ1n) is 11.4. The van der Waals surface area contributed by atoms with Gasteiger partial charge in [-0.15, -0.1) is 0 Å². The Hall–Kier alpha value is -3.94. The van der Waals surface area contributed by atoms with Crippen LogP contribution in [0.2, 0.25) is 0 Å². The molecule has 34 heavy (non-hydrogen) atoms. The van der Waals surface area contributed by atoms with Gasteiger partial charge in [0.25, 0.3) is 5.91 Å². The first-order valence-corrected chi connectivity index (χ1v) is 11.4. The topological polar surface area (TPSA) is 147 Å². The zero-order chi connectivity index (χ0) is 24.2. The smallest absolute Gasteiger partial charge is 0.252 e. The lowest BCUT2D eigenvalue weighted by Gasteiger charge is -2.21. The van der Waals surface area contributed by atoms with Crippen LogP contribution in [0.4, 0.5) is 5.69 Å². The van der Waals surface area contributed by atoms with Gasteiger partial charge >= 0.3 is 0 Å². The summed E-state index contributed by atoms with van der Waals surface area (Å²) in [6.45, 7) is 4.99. The summed E-state index contributed by atoms with van der Waals surface area (Å²) in [6, 6.07) is 2.08. The van der Waals surface area contributed by atoms with E-state index >= 15 is 0 Å². The Bertz CT molecular complexity index is 1340. The molecule has 3 aromatic rings. The van der Waals surface area contributed by atoms with Gasteiger partial charge in [0.2, 0.25) is 5.91 Å². The van der Waals surface area contributed by atoms with Gasteiger partial charge in [0.1, 0.15) is 5.41 Å². The number of aryl methyl sites for hydroxylation is 2. The Morgan fingerprint density at radius 3 is 2.68 bits per heavy atom. The zero-order valence-electron chi connectivity index (χ0n) is 19.4. The molecule has 2 amide bonds. The molecule has 0 radical (unpaired) electrons. The normalized spacial score (nSPS) is 20.9. The Labute approximate surface area is 196 Å². The fraction of sp³-hybridized carbons (Fsp3) is 0.478. The average Bonchev–Trinajstić information content (AvgIpc) is 3.13. The van der Waals surface area contributed by atoms with Crippen LogP contribution >= 0.6 is 0 Å². The van der Waals surface area contributed by atoms with E-state index in [1.807, 2.05) is 20.2 Å². The number of nitrogens with zero attached hydrogens (tertiary/aromatic N) is 7. The number of hydrogen-bond acceptors (Lipinski definition) is 7. The lowest BCUT2D eigenvalue weighted by atomic mass is 10.0. The number of hydrogen-bond donors (Lipinski definition) is 2. The summed E-state index contributed by atoms with van der Waals surface area (Å²) in [6.07, 6.45) is 7.19. The number of rotatable bonds is 6. The molecule has 0 bridgehead atoms. The number of aromatic nitrogens is 5. The maximum atomic E-state index is 13.0. The van der Waals surface area contributed by atoms with Crippen LogP contribution in [0.3, 0.4) is 0 Å². The van der Waals surface area contributed by atoms with Crippen LogP contribution in [0, 0.1) is 29.6 Å². The van der Waals surface area contributed by atoms with Crippen molar-refractivity contribution in [2.75, 3.05) is 18.4 Å². The Morgan fingerprint density at radius 2 is 2.09 bits per heavy atom. The van der Waals surface area contributed by atoms with Gasteiger partial charge in [0, 0.05) is 37.9 Å². The van der Waals surface area contributed by atoms with Crippen molar-refractivity contribution in [1.29, 1.82) is 5.26 Å². The monoisotopic (exact) mass is 461 g/mol. The van der Waals surface area contributed by atoms with Crippen LogP contribution < -0.4 is 11.1 Å². The van der Waals surface area contributed by atoms with Gasteiger partial charge in [-0.1, -0.05) is 6.92 Å². The van der Waals surface area contributed by atoms with Crippen molar-refractivity contribution in [1.82, 2.24) is 29.3 Å². The highest BCUT2D eigenvalue weighted by Crippen LogP contribution is 2.47. The Morgan fingerprint density at radius 1 is 1.32 bits per heavy atom. The number of imidazole rings is 1. The first-order chi connectivity index (χ1) is 16.3. The Balaban J connectivity index is 1.51. The average molecular weight is 462 g/mol. The number of anilines is 1. The summed E-state index contributed by atoms with van der Waals surface area (Å²) in [5.41, 5.74) is 8.42. The highest BCUT2D eigenvalue weighted by atomic mass is 16.2. The van der Waals surface area contributed by atoms with E-state index in [2.05, 4.69) is 28.5 Å². The third kappa shape index (κ3) is 3.46. The molecule has 1 aliphatic heterocycles. The molecule has 0 spiro atoms. The SMILES string of the molecule is CC[C@@H]1CN(C(=O)C2(C#N)CC2)C[C@H]1Nc1c(C(N)=O)cnn2cc(-c3cn(C)nc3C)nc12. The van der Waals surface area contributed by atoms with E-state index in [0.717, 1.165) is 17.7 Å². The lowest BCUT2D eigenvalue weighted by molar-refractivity contribution is -0.134. The van der Waals surface area contributed by atoms with E-state index in [9.17, 15) is 14.9 Å². The largest absolute Gasteiger partial charge is 0.376 e. The van der Waals surface area contributed by atoms with Crippen LogP contribution in [0.25, 0.3) is 16.9 Å². The predicted octanol–water partition coefficient (Wildman–Crippen LogP) is 1.49. The zero-order valence-corrected chi connectivity index (χ0v) is 19.4. The summed E-state index contributed by atoms with van der Waals surface area (Å²) >= 11 is 0. The van der Waals surface area contributed by atoms with Crippen molar-refractivity contribution in [3.8, 4) is 17.3 Å². The summed E-state index contributed by atoms with van der Waals surface area (Å²) in [5, 5.41) is 21.7. The van der Waals surface area contributed by atoms with Gasteiger partial charge < -0.3 is 16.0 Å². The quantitative estimate of drug-likeness (QED) is 0.565. The third-order valence-corrected chi connectivity index (χ3v) is 7.00. The molecule has 176 valence electrons. The van der Waals surface area contributed by atoms with E-state index in [0.29, 0.717) is 43.0 Å². The lowest BCUT2D eigenvalue weighted by Crippen LogP contribution is -2.36. The van der Waals surface area contributed by atoms with Crippen LogP contribution in [0.15, 0.2) is 18.6 Å². The van der Waals surface area contributed by atoms with Crippen LogP contribution in [-0.4, -0.2) is 60.2 Å². The molecular formula is C23H27N9O2. The number of likely N-dealkylation sites (tertiary alicyclic amines) is 1. The Kier molecular flexibility index (Phi) is 5.04. The van der Waals surface area contributed by atoms with E-state index in [-0.39, 0.29) is 23.4 Å². The fourth-order valence-corrected chi connectivity index (χ4v) is 4.85. The number of carbonyl (C=O) groups is 2. The fourth-order valence-electron chi connectivity index (χ4n) is 4.85. The van der Waals surface area contributed by atoms with Crippen LogP contribution in [0.5, 0.6) is 0 Å². The van der Waals surface area contributed by atoms with Crippen molar-refractivity contribution < 1.29 is 9.59 Å². The second-order valence-electron chi connectivity index (χ2n) is 9.32. The van der Waals surface area contributed by atoms with Crippen LogP contribution in [-0.2, 0) is 11.8 Å².